The van der Waals surface area contributed by atoms with E-state index in [0.29, 0.717) is 76.5 Å². The maximum Gasteiger partial charge on any atom is 0.237 e. The molecular weight excluding hydrogens is 1190 g/mol. The fraction of sp³-hybridized carbons (Fsp3) is 0.562. The lowest BCUT2D eigenvalue weighted by atomic mass is 9.86. The quantitative estimate of drug-likeness (QED) is 0.0323. The third-order valence-electron chi connectivity index (χ3n) is 16.8. The number of carbonyl (C=O) groups is 11. The topological polar surface area (TPSA) is 250 Å². The summed E-state index contributed by atoms with van der Waals surface area (Å²) in [6, 6.07) is 36.5. The number of rotatable bonds is 42. The van der Waals surface area contributed by atoms with Gasteiger partial charge in [-0.25, -0.2) is 0 Å². The molecule has 4 rings (SSSR count). The summed E-state index contributed by atoms with van der Waals surface area (Å²) in [5.41, 5.74) is 10.4. The highest BCUT2D eigenvalue weighted by Crippen LogP contribution is 2.24. The van der Waals surface area contributed by atoms with Crippen molar-refractivity contribution in [3.8, 4) is 0 Å². The zero-order valence-electron chi connectivity index (χ0n) is 60.0. The van der Waals surface area contributed by atoms with Gasteiger partial charge in [-0.05, 0) is 157 Å². The van der Waals surface area contributed by atoms with Crippen LogP contribution in [0.15, 0.2) is 121 Å². The van der Waals surface area contributed by atoms with Crippen molar-refractivity contribution in [3.63, 3.8) is 0 Å². The predicted molar refractivity (Wildman–Crippen MR) is 380 cm³/mol. The number of hydrogen-bond acceptors (Lipinski definition) is 12. The molecule has 0 radical (unpaired) electrons. The lowest BCUT2D eigenvalue weighted by Crippen LogP contribution is -2.49. The number of carbonyl (C=O) groups excluding carboxylic acids is 11. The first-order chi connectivity index (χ1) is 44.7. The Balaban J connectivity index is 0.000000489. The zero-order valence-corrected chi connectivity index (χ0v) is 60.0. The smallest absolute Gasteiger partial charge is 0.237 e. The summed E-state index contributed by atoms with van der Waals surface area (Å²) in [6.07, 6.45) is 6.93. The summed E-state index contributed by atoms with van der Waals surface area (Å²) < 4.78 is 0. The van der Waals surface area contributed by atoms with Crippen molar-refractivity contribution >= 4 is 64.0 Å². The number of nitrogens with two attached hydrogens (primary N) is 1. The Kier molecular flexibility index (Phi) is 39.8. The lowest BCUT2D eigenvalue weighted by molar-refractivity contribution is -0.134. The maximum absolute atomic E-state index is 13.3. The average Bonchev–Trinajstić information content (AvgIpc) is 1.01. The second-order valence-corrected chi connectivity index (χ2v) is 28.5. The van der Waals surface area contributed by atoms with E-state index in [-0.39, 0.29) is 126 Å². The molecule has 0 aliphatic carbocycles. The fourth-order valence-electron chi connectivity index (χ4n) is 11.7. The van der Waals surface area contributed by atoms with Crippen LogP contribution in [0.4, 0.5) is 0 Å². The molecule has 0 unspecified atom stereocenters. The van der Waals surface area contributed by atoms with E-state index in [4.69, 9.17) is 5.73 Å². The lowest BCUT2D eigenvalue weighted by Gasteiger charge is -2.25. The largest absolute Gasteiger partial charge is 0.346 e. The van der Waals surface area contributed by atoms with Crippen LogP contribution in [0.25, 0.3) is 0 Å². The van der Waals surface area contributed by atoms with Crippen LogP contribution in [0.2, 0.25) is 0 Å². The third-order valence-corrected chi connectivity index (χ3v) is 16.8. The summed E-state index contributed by atoms with van der Waals surface area (Å²) >= 11 is 0. The molecule has 0 saturated carbocycles. The van der Waals surface area contributed by atoms with Gasteiger partial charge >= 0.3 is 0 Å². The summed E-state index contributed by atoms with van der Waals surface area (Å²) in [7, 11) is 0. The third kappa shape index (κ3) is 36.3. The first-order valence-electron chi connectivity index (χ1n) is 34.6. The number of ketones is 8. The minimum atomic E-state index is -0.689. The van der Waals surface area contributed by atoms with Crippen molar-refractivity contribution in [2.75, 3.05) is 0 Å². The van der Waals surface area contributed by atoms with Crippen LogP contribution in [0.3, 0.4) is 0 Å². The predicted octanol–water partition coefficient (Wildman–Crippen LogP) is 13.4. The molecule has 15 heteroatoms. The molecule has 0 aliphatic rings. The molecule has 0 heterocycles. The van der Waals surface area contributed by atoms with Crippen LogP contribution in [0, 0.1) is 59.2 Å². The second kappa shape index (κ2) is 45.1. The van der Waals surface area contributed by atoms with Gasteiger partial charge in [0.1, 0.15) is 28.9 Å². The molecule has 15 nitrogen and oxygen atoms in total. The number of Topliss-reactive ketones (excluding diaryl/α,β-unsaturated/α-hetero) is 8. The van der Waals surface area contributed by atoms with Crippen molar-refractivity contribution in [2.45, 2.75) is 231 Å². The SMILES string of the molecule is CC(=O)C[C@@H](CC(C)C)C(=O)N[C@@H](CC(C)C)C(=O)C[C@@H](CC(C)C)C(C)=O.CC(=O)C[C@@H](CCc1ccccc1)C(=O)N[C@@H](CC(C)C)C(=O)C[C@@H](Cc1ccccc1)C(C)=O.CC(=O)[C@@H](CC(=O)[C@H](CC(C)C)NC(=O)[C@@H](N)CCc1ccccc1)Cc1ccccc1. The summed E-state index contributed by atoms with van der Waals surface area (Å²) in [4.78, 5) is 138. The number of benzene rings is 4. The van der Waals surface area contributed by atoms with Gasteiger partial charge in [-0.15, -0.1) is 0 Å². The van der Waals surface area contributed by atoms with Gasteiger partial charge in [0.15, 0.2) is 17.3 Å². The van der Waals surface area contributed by atoms with Crippen LogP contribution in [-0.4, -0.2) is 88.2 Å². The number of amides is 3. The van der Waals surface area contributed by atoms with Gasteiger partial charge in [-0.2, -0.15) is 0 Å². The Morgan fingerprint density at radius 1 is 0.316 bits per heavy atom. The van der Waals surface area contributed by atoms with Crippen LogP contribution in [0.1, 0.15) is 203 Å². The molecule has 4 aromatic carbocycles. The van der Waals surface area contributed by atoms with Gasteiger partial charge in [0.25, 0.3) is 0 Å². The van der Waals surface area contributed by atoms with E-state index in [1.807, 2.05) is 191 Å². The first kappa shape index (κ1) is 83.7. The van der Waals surface area contributed by atoms with E-state index in [0.717, 1.165) is 22.3 Å². The minimum Gasteiger partial charge on any atom is -0.346 e. The Morgan fingerprint density at radius 3 is 0.905 bits per heavy atom. The molecule has 3 amide bonds. The fourth-order valence-corrected chi connectivity index (χ4v) is 11.7. The average molecular weight is 1310 g/mol. The van der Waals surface area contributed by atoms with Crippen molar-refractivity contribution in [3.05, 3.63) is 144 Å². The molecule has 0 bridgehead atoms. The Labute approximate surface area is 569 Å². The normalized spacial score (nSPS) is 14.1. The van der Waals surface area contributed by atoms with Gasteiger partial charge in [0, 0.05) is 61.7 Å². The maximum atomic E-state index is 13.3. The monoisotopic (exact) mass is 1310 g/mol. The van der Waals surface area contributed by atoms with Crippen LogP contribution >= 0.6 is 0 Å². The molecule has 0 spiro atoms. The number of hydrogen-bond donors (Lipinski definition) is 4. The van der Waals surface area contributed by atoms with Gasteiger partial charge < -0.3 is 31.3 Å². The molecule has 0 aromatic heterocycles. The molecule has 95 heavy (non-hydrogen) atoms. The van der Waals surface area contributed by atoms with Crippen molar-refractivity contribution < 1.29 is 52.7 Å². The highest BCUT2D eigenvalue weighted by Gasteiger charge is 2.33. The molecular formula is C80H116N4O11. The van der Waals surface area contributed by atoms with Crippen LogP contribution in [-0.2, 0) is 78.4 Å². The van der Waals surface area contributed by atoms with Gasteiger partial charge in [0.2, 0.25) is 17.7 Å². The van der Waals surface area contributed by atoms with Crippen LogP contribution < -0.4 is 21.7 Å². The van der Waals surface area contributed by atoms with E-state index in [9.17, 15) is 52.7 Å². The number of aryl methyl sites for hydroxylation is 2. The van der Waals surface area contributed by atoms with Crippen LogP contribution in [0.5, 0.6) is 0 Å². The summed E-state index contributed by atoms with van der Waals surface area (Å²) in [5, 5.41) is 8.72. The molecule has 0 aliphatic heterocycles. The number of nitrogens with one attached hydrogen (secondary N) is 3. The highest BCUT2D eigenvalue weighted by atomic mass is 16.2. The van der Waals surface area contributed by atoms with Crippen molar-refractivity contribution in [1.82, 2.24) is 16.0 Å². The standard InChI is InChI=1S/C30H39NO4.C27H36N2O3.C23H41NO4/c1-21(2)17-28(29(34)20-27(23(4)33)19-25-13-9-6-10-14-25)31-30(35)26(18-22(3)32)16-15-24-11-7-5-8-12-24;1-19(2)16-25(29-27(32)24(28)15-14-21-10-6-4-7-11-21)26(31)18-23(20(3)30)17-22-12-8-5-9-13-22;1-14(2)9-19(18(8)26)13-22(27)21(11-16(5)6)24-23(28)20(10-15(3)4)12-17(7)25/h5-14,21,26-28H,15-20H2,1-4H3,(H,31,35);4-13,19,23-25H,14-18,28H2,1-3H3,(H,29,32);14-16,19-21H,9-13H2,1-8H3,(H,24,28)/t26-,27-,28+;23-,24+,25+;19-,20-,21+/m111/s1. The van der Waals surface area contributed by atoms with Crippen molar-refractivity contribution in [1.29, 1.82) is 0 Å². The van der Waals surface area contributed by atoms with Crippen molar-refractivity contribution in [2.24, 2.45) is 64.9 Å². The van der Waals surface area contributed by atoms with E-state index >= 15 is 0 Å². The van der Waals surface area contributed by atoms with Gasteiger partial charge in [-0.1, -0.05) is 191 Å². The van der Waals surface area contributed by atoms with E-state index in [1.165, 1.54) is 34.6 Å². The molecule has 0 fully saturated rings. The molecule has 522 valence electrons. The second-order valence-electron chi connectivity index (χ2n) is 28.5. The van der Waals surface area contributed by atoms with E-state index in [1.54, 1.807) is 0 Å². The Bertz CT molecular complexity index is 3000. The molecule has 9 atom stereocenters. The van der Waals surface area contributed by atoms with Gasteiger partial charge in [-0.3, -0.25) is 43.2 Å². The minimum absolute atomic E-state index is 0.0172. The van der Waals surface area contributed by atoms with E-state index in [2.05, 4.69) is 16.0 Å². The Morgan fingerprint density at radius 2 is 0.589 bits per heavy atom. The molecule has 4 aromatic rings. The Hall–Kier alpha value is -7.39. The summed E-state index contributed by atoms with van der Waals surface area (Å²) in [6.45, 7) is 27.7. The molecule has 0 saturated heterocycles. The summed E-state index contributed by atoms with van der Waals surface area (Å²) in [5.74, 6) is -2.07. The van der Waals surface area contributed by atoms with E-state index < -0.39 is 47.8 Å². The first-order valence-corrected chi connectivity index (χ1v) is 34.6. The van der Waals surface area contributed by atoms with Gasteiger partial charge in [0.05, 0.1) is 24.2 Å². The highest BCUT2D eigenvalue weighted by molar-refractivity contribution is 5.96. The zero-order chi connectivity index (χ0) is 71.3. The molecule has 5 N–H and O–H groups in total.